The highest BCUT2D eigenvalue weighted by molar-refractivity contribution is 5.77. The van der Waals surface area contributed by atoms with E-state index in [9.17, 15) is 4.79 Å². The van der Waals surface area contributed by atoms with Crippen LogP contribution in [0.2, 0.25) is 0 Å². The van der Waals surface area contributed by atoms with Crippen molar-refractivity contribution >= 4 is 5.91 Å². The van der Waals surface area contributed by atoms with E-state index in [1.54, 1.807) is 7.11 Å². The maximum Gasteiger partial charge on any atom is 0.258 e. The Labute approximate surface area is 114 Å². The number of nitrogens with one attached hydrogen (secondary N) is 1. The molecule has 0 aliphatic heterocycles. The number of carbonyl (C=O) groups is 1. The van der Waals surface area contributed by atoms with Crippen LogP contribution in [-0.4, -0.2) is 32.8 Å². The minimum absolute atomic E-state index is 0.00206. The van der Waals surface area contributed by atoms with Crippen molar-refractivity contribution in [3.63, 3.8) is 0 Å². The second kappa shape index (κ2) is 7.76. The van der Waals surface area contributed by atoms with Crippen molar-refractivity contribution in [3.8, 4) is 5.75 Å². The van der Waals surface area contributed by atoms with Crippen molar-refractivity contribution in [3.05, 3.63) is 29.3 Å². The van der Waals surface area contributed by atoms with Crippen LogP contribution in [0, 0.1) is 6.92 Å². The van der Waals surface area contributed by atoms with Crippen molar-refractivity contribution < 1.29 is 14.3 Å². The van der Waals surface area contributed by atoms with Crippen LogP contribution in [0.1, 0.15) is 24.1 Å². The first-order chi connectivity index (χ1) is 9.04. The molecule has 19 heavy (non-hydrogen) atoms. The molecule has 0 aromatic heterocycles. The van der Waals surface area contributed by atoms with Crippen LogP contribution in [0.5, 0.6) is 5.75 Å². The first-order valence-corrected chi connectivity index (χ1v) is 6.29. The molecule has 106 valence electrons. The SMILES string of the molecule is COCCNC(=O)COc1ccc(C(C)N)cc1C. The average molecular weight is 266 g/mol. The lowest BCUT2D eigenvalue weighted by Gasteiger charge is -2.12. The van der Waals surface area contributed by atoms with E-state index in [1.165, 1.54) is 0 Å². The Morgan fingerprint density at radius 3 is 2.79 bits per heavy atom. The first kappa shape index (κ1) is 15.5. The van der Waals surface area contributed by atoms with E-state index in [2.05, 4.69) is 5.32 Å². The summed E-state index contributed by atoms with van der Waals surface area (Å²) < 4.78 is 10.3. The van der Waals surface area contributed by atoms with E-state index in [-0.39, 0.29) is 18.6 Å². The topological polar surface area (TPSA) is 73.6 Å². The quantitative estimate of drug-likeness (QED) is 0.726. The summed E-state index contributed by atoms with van der Waals surface area (Å²) in [5.41, 5.74) is 7.83. The molecule has 1 amide bonds. The Morgan fingerprint density at radius 1 is 1.47 bits per heavy atom. The number of methoxy groups -OCH3 is 1. The van der Waals surface area contributed by atoms with Gasteiger partial charge in [-0.2, -0.15) is 0 Å². The third-order valence-electron chi connectivity index (χ3n) is 2.71. The number of benzene rings is 1. The van der Waals surface area contributed by atoms with Gasteiger partial charge in [0, 0.05) is 19.7 Å². The maximum atomic E-state index is 11.5. The molecular weight excluding hydrogens is 244 g/mol. The molecule has 3 N–H and O–H groups in total. The van der Waals surface area contributed by atoms with Crippen molar-refractivity contribution in [1.82, 2.24) is 5.32 Å². The summed E-state index contributed by atoms with van der Waals surface area (Å²) >= 11 is 0. The highest BCUT2D eigenvalue weighted by atomic mass is 16.5. The molecule has 0 aliphatic rings. The van der Waals surface area contributed by atoms with Gasteiger partial charge in [-0.05, 0) is 31.0 Å². The van der Waals surface area contributed by atoms with Crippen molar-refractivity contribution in [2.24, 2.45) is 5.73 Å². The van der Waals surface area contributed by atoms with E-state index in [4.69, 9.17) is 15.2 Å². The van der Waals surface area contributed by atoms with Crippen molar-refractivity contribution in [2.45, 2.75) is 19.9 Å². The van der Waals surface area contributed by atoms with Gasteiger partial charge in [0.05, 0.1) is 6.61 Å². The highest BCUT2D eigenvalue weighted by Crippen LogP contribution is 2.21. The minimum atomic E-state index is -0.160. The lowest BCUT2D eigenvalue weighted by atomic mass is 10.1. The van der Waals surface area contributed by atoms with E-state index in [0.29, 0.717) is 18.9 Å². The van der Waals surface area contributed by atoms with Crippen molar-refractivity contribution in [2.75, 3.05) is 26.9 Å². The Morgan fingerprint density at radius 2 is 2.21 bits per heavy atom. The standard InChI is InChI=1S/C14H22N2O3/c1-10-8-12(11(2)15)4-5-13(10)19-9-14(17)16-6-7-18-3/h4-5,8,11H,6-7,9,15H2,1-3H3,(H,16,17). The van der Waals surface area contributed by atoms with Crippen LogP contribution >= 0.6 is 0 Å². The molecular formula is C14H22N2O3. The van der Waals surface area contributed by atoms with E-state index in [0.717, 1.165) is 11.1 Å². The van der Waals surface area contributed by atoms with Crippen molar-refractivity contribution in [1.29, 1.82) is 0 Å². The molecule has 1 unspecified atom stereocenters. The lowest BCUT2D eigenvalue weighted by molar-refractivity contribution is -0.123. The third kappa shape index (κ3) is 5.28. The molecule has 1 atom stereocenters. The summed E-state index contributed by atoms with van der Waals surface area (Å²) in [5.74, 6) is 0.541. The van der Waals surface area contributed by atoms with Crippen LogP contribution in [0.15, 0.2) is 18.2 Å². The maximum absolute atomic E-state index is 11.5. The van der Waals surface area contributed by atoms with Gasteiger partial charge in [0.2, 0.25) is 0 Å². The fraction of sp³-hybridized carbons (Fsp3) is 0.500. The molecule has 0 saturated carbocycles. The zero-order valence-electron chi connectivity index (χ0n) is 11.7. The molecule has 5 nitrogen and oxygen atoms in total. The third-order valence-corrected chi connectivity index (χ3v) is 2.71. The normalized spacial score (nSPS) is 12.0. The Hall–Kier alpha value is -1.59. The Bertz CT molecular complexity index is 419. The molecule has 1 aromatic carbocycles. The van der Waals surface area contributed by atoms with Gasteiger partial charge in [-0.1, -0.05) is 12.1 Å². The number of rotatable bonds is 7. The molecule has 0 bridgehead atoms. The summed E-state index contributed by atoms with van der Waals surface area (Å²) in [6, 6.07) is 5.72. The number of ether oxygens (including phenoxy) is 2. The summed E-state index contributed by atoms with van der Waals surface area (Å²) in [6.45, 7) is 4.85. The van der Waals surface area contributed by atoms with Gasteiger partial charge in [0.1, 0.15) is 5.75 Å². The van der Waals surface area contributed by atoms with E-state index in [1.807, 2.05) is 32.0 Å². The summed E-state index contributed by atoms with van der Waals surface area (Å²) in [7, 11) is 1.59. The van der Waals surface area contributed by atoms with Gasteiger partial charge in [0.25, 0.3) is 5.91 Å². The average Bonchev–Trinajstić information content (AvgIpc) is 2.37. The van der Waals surface area contributed by atoms with Crippen LogP contribution in [0.25, 0.3) is 0 Å². The Balaban J connectivity index is 2.47. The number of carbonyl (C=O) groups excluding carboxylic acids is 1. The van der Waals surface area contributed by atoms with Crippen LogP contribution in [-0.2, 0) is 9.53 Å². The van der Waals surface area contributed by atoms with Crippen LogP contribution in [0.3, 0.4) is 0 Å². The fourth-order valence-electron chi connectivity index (χ4n) is 1.60. The Kier molecular flexibility index (Phi) is 6.32. The zero-order chi connectivity index (χ0) is 14.3. The predicted molar refractivity (Wildman–Crippen MR) is 74.2 cm³/mol. The molecule has 0 spiro atoms. The number of nitrogens with two attached hydrogens (primary N) is 1. The van der Waals surface area contributed by atoms with Gasteiger partial charge in [0.15, 0.2) is 6.61 Å². The monoisotopic (exact) mass is 266 g/mol. The number of aryl methyl sites for hydroxylation is 1. The van der Waals surface area contributed by atoms with Gasteiger partial charge in [-0.15, -0.1) is 0 Å². The molecule has 0 aliphatic carbocycles. The largest absolute Gasteiger partial charge is 0.484 e. The zero-order valence-corrected chi connectivity index (χ0v) is 11.7. The van der Waals surface area contributed by atoms with Gasteiger partial charge in [-0.3, -0.25) is 4.79 Å². The van der Waals surface area contributed by atoms with Gasteiger partial charge in [-0.25, -0.2) is 0 Å². The lowest BCUT2D eigenvalue weighted by Crippen LogP contribution is -2.31. The van der Waals surface area contributed by atoms with E-state index >= 15 is 0 Å². The molecule has 0 saturated heterocycles. The fourth-order valence-corrected chi connectivity index (χ4v) is 1.60. The molecule has 5 heteroatoms. The number of hydrogen-bond donors (Lipinski definition) is 2. The first-order valence-electron chi connectivity index (χ1n) is 6.29. The summed E-state index contributed by atoms with van der Waals surface area (Å²) in [6.07, 6.45) is 0. The van der Waals surface area contributed by atoms with Crippen LogP contribution < -0.4 is 15.8 Å². The molecule has 1 rings (SSSR count). The summed E-state index contributed by atoms with van der Waals surface area (Å²) in [5, 5.41) is 2.69. The molecule has 0 fully saturated rings. The van der Waals surface area contributed by atoms with Gasteiger partial charge < -0.3 is 20.5 Å². The molecule has 0 heterocycles. The van der Waals surface area contributed by atoms with Crippen LogP contribution in [0.4, 0.5) is 0 Å². The highest BCUT2D eigenvalue weighted by Gasteiger charge is 2.06. The minimum Gasteiger partial charge on any atom is -0.484 e. The summed E-state index contributed by atoms with van der Waals surface area (Å²) in [4.78, 5) is 11.5. The molecule has 1 aromatic rings. The molecule has 0 radical (unpaired) electrons. The second-order valence-electron chi connectivity index (χ2n) is 4.45. The number of hydrogen-bond acceptors (Lipinski definition) is 4. The predicted octanol–water partition coefficient (Wildman–Crippen LogP) is 1.16. The number of amides is 1. The second-order valence-corrected chi connectivity index (χ2v) is 4.45. The van der Waals surface area contributed by atoms with E-state index < -0.39 is 0 Å². The smallest absolute Gasteiger partial charge is 0.258 e. The van der Waals surface area contributed by atoms with Gasteiger partial charge >= 0.3 is 0 Å².